The molecule has 1 saturated heterocycles. The first-order valence-corrected chi connectivity index (χ1v) is 3.56. The van der Waals surface area contributed by atoms with Crippen LogP contribution in [-0.2, 0) is 9.59 Å². The summed E-state index contributed by atoms with van der Waals surface area (Å²) in [7, 11) is 0. The summed E-state index contributed by atoms with van der Waals surface area (Å²) < 4.78 is 0. The van der Waals surface area contributed by atoms with Gasteiger partial charge in [0, 0.05) is 14.3 Å². The van der Waals surface area contributed by atoms with Crippen molar-refractivity contribution in [3.05, 3.63) is 0 Å². The number of hydrogen-bond donors (Lipinski definition) is 1. The quantitative estimate of drug-likeness (QED) is 0.611. The Labute approximate surface area is 61.3 Å². The van der Waals surface area contributed by atoms with Crippen molar-refractivity contribution in [2.24, 2.45) is 0 Å². The van der Waals surface area contributed by atoms with E-state index in [2.05, 4.69) is 5.32 Å². The molecule has 0 aliphatic carbocycles. The lowest BCUT2D eigenvalue weighted by molar-refractivity contribution is -0.124. The molecule has 1 aliphatic heterocycles. The van der Waals surface area contributed by atoms with E-state index in [1.165, 1.54) is 0 Å². The van der Waals surface area contributed by atoms with Gasteiger partial charge in [0.05, 0.1) is 6.04 Å². The van der Waals surface area contributed by atoms with Gasteiger partial charge in [-0.25, -0.2) is 0 Å². The summed E-state index contributed by atoms with van der Waals surface area (Å²) in [6.45, 7) is 1.81. The number of rotatable bonds is 2. The fourth-order valence-electron chi connectivity index (χ4n) is 1.10. The highest BCUT2D eigenvalue weighted by molar-refractivity contribution is 5.91. The highest BCUT2D eigenvalue weighted by Gasteiger charge is 2.25. The molecule has 1 heterocycles. The van der Waals surface area contributed by atoms with E-state index in [-0.39, 0.29) is 19.2 Å². The smallest absolute Gasteiger partial charge is 0.220 e. The maximum Gasteiger partial charge on any atom is 0.220 e. The second kappa shape index (κ2) is 2.82. The number of amides is 1. The minimum absolute atomic E-state index is 0. The Bertz CT molecular complexity index is 170. The van der Waals surface area contributed by atoms with Crippen molar-refractivity contribution in [3.63, 3.8) is 0 Å². The number of carbonyl (C=O) groups excluding carboxylic acids is 2. The topological polar surface area (TPSA) is 46.2 Å². The van der Waals surface area contributed by atoms with Crippen molar-refractivity contribution in [1.82, 2.24) is 5.32 Å². The number of Topliss-reactive ketones (excluding diaryl/α,β-unsaturated/α-hetero) is 1. The van der Waals surface area contributed by atoms with Crippen LogP contribution in [0.4, 0.5) is 0 Å². The summed E-state index contributed by atoms with van der Waals surface area (Å²) in [5.74, 6) is 0.151. The van der Waals surface area contributed by atoms with E-state index in [1.54, 1.807) is 0 Å². The molecule has 0 radical (unpaired) electrons. The fourth-order valence-corrected chi connectivity index (χ4v) is 1.10. The number of carbonyl (C=O) groups is 2. The first-order chi connectivity index (χ1) is 4.74. The fraction of sp³-hybridized carbons (Fsp3) is 0.714. The highest BCUT2D eigenvalue weighted by atomic mass is 16.2. The van der Waals surface area contributed by atoms with Crippen LogP contribution in [0, 0.1) is 0 Å². The molecule has 1 fully saturated rings. The number of nitrogens with one attached hydrogen (secondary N) is 1. The van der Waals surface area contributed by atoms with E-state index in [4.69, 9.17) is 0 Å². The maximum atomic E-state index is 10.9. The molecule has 0 unspecified atom stereocenters. The number of hydrogen-bond acceptors (Lipinski definition) is 2. The molecule has 3 heteroatoms. The Kier molecular flexibility index (Phi) is 2.04. The monoisotopic (exact) mass is 143 g/mol. The first kappa shape index (κ1) is 7.25. The third kappa shape index (κ3) is 1.35. The maximum absolute atomic E-state index is 10.9. The van der Waals surface area contributed by atoms with E-state index < -0.39 is 0 Å². The molecule has 10 heavy (non-hydrogen) atoms. The van der Waals surface area contributed by atoms with Crippen molar-refractivity contribution in [2.45, 2.75) is 32.2 Å². The van der Waals surface area contributed by atoms with Gasteiger partial charge in [-0.1, -0.05) is 6.92 Å². The van der Waals surface area contributed by atoms with Gasteiger partial charge in [-0.3, -0.25) is 9.59 Å². The van der Waals surface area contributed by atoms with Gasteiger partial charge in [0.2, 0.25) is 5.91 Å². The van der Waals surface area contributed by atoms with Gasteiger partial charge in [0.1, 0.15) is 0 Å². The molecule has 3 nitrogen and oxygen atoms in total. The van der Waals surface area contributed by atoms with Crippen molar-refractivity contribution >= 4 is 11.7 Å². The Morgan fingerprint density at radius 3 is 3.00 bits per heavy atom. The molecule has 1 N–H and O–H groups in total. The Balaban J connectivity index is 0.000001000. The third-order valence-corrected chi connectivity index (χ3v) is 1.73. The molecular weight excluding hydrogens is 130 g/mol. The molecule has 0 aromatic heterocycles. The Morgan fingerprint density at radius 1 is 1.90 bits per heavy atom. The van der Waals surface area contributed by atoms with Crippen LogP contribution >= 0.6 is 0 Å². The third-order valence-electron chi connectivity index (χ3n) is 1.73. The number of ketones is 1. The summed E-state index contributed by atoms with van der Waals surface area (Å²) in [4.78, 5) is 21.6. The van der Waals surface area contributed by atoms with Crippen molar-refractivity contribution in [2.75, 3.05) is 0 Å². The first-order valence-electron chi connectivity index (χ1n) is 3.56. The molecule has 1 amide bonds. The lowest BCUT2D eigenvalue weighted by Gasteiger charge is -2.04. The summed E-state index contributed by atoms with van der Waals surface area (Å²) >= 11 is 0. The molecule has 58 valence electrons. The van der Waals surface area contributed by atoms with Crippen LogP contribution in [0.1, 0.15) is 27.6 Å². The van der Waals surface area contributed by atoms with Crippen LogP contribution in [0.5, 0.6) is 0 Å². The van der Waals surface area contributed by atoms with Crippen molar-refractivity contribution in [3.8, 4) is 0 Å². The van der Waals surface area contributed by atoms with Crippen molar-refractivity contribution < 1.29 is 11.0 Å². The zero-order valence-corrected chi connectivity index (χ0v) is 6.02. The molecule has 0 saturated carbocycles. The lowest BCUT2D eigenvalue weighted by atomic mass is 10.1. The summed E-state index contributed by atoms with van der Waals surface area (Å²) in [6, 6.07) is -0.183. The molecule has 0 bridgehead atoms. The molecule has 1 atom stereocenters. The van der Waals surface area contributed by atoms with E-state index >= 15 is 0 Å². The Morgan fingerprint density at radius 2 is 2.60 bits per heavy atom. The summed E-state index contributed by atoms with van der Waals surface area (Å²) in [5, 5.41) is 2.62. The predicted octanol–water partition coefficient (Wildman–Crippen LogP) is 0.490. The van der Waals surface area contributed by atoms with Crippen LogP contribution in [0.15, 0.2) is 0 Å². The average molecular weight is 143 g/mol. The molecule has 0 aromatic rings. The minimum Gasteiger partial charge on any atom is -0.346 e. The standard InChI is InChI=1S/C7H11NO2.H2/c1-2-6(9)5-3-4-7(10)8-5;/h5H,2-4H2,1H3,(H,8,10);1H/t5-;/m1./s1. The van der Waals surface area contributed by atoms with Crippen molar-refractivity contribution in [1.29, 1.82) is 0 Å². The average Bonchev–Trinajstić information content (AvgIpc) is 2.34. The van der Waals surface area contributed by atoms with Gasteiger partial charge in [0.25, 0.3) is 0 Å². The second-order valence-electron chi connectivity index (χ2n) is 2.48. The van der Waals surface area contributed by atoms with Crippen LogP contribution in [0.3, 0.4) is 0 Å². The molecule has 1 rings (SSSR count). The van der Waals surface area contributed by atoms with E-state index in [1.807, 2.05) is 6.92 Å². The van der Waals surface area contributed by atoms with Crippen LogP contribution in [0.25, 0.3) is 0 Å². The van der Waals surface area contributed by atoms with Gasteiger partial charge in [0.15, 0.2) is 5.78 Å². The molecular formula is C7H13NO2. The summed E-state index contributed by atoms with van der Waals surface area (Å²) in [6.07, 6.45) is 1.72. The normalized spacial score (nSPS) is 24.5. The Hall–Kier alpha value is -0.860. The largest absolute Gasteiger partial charge is 0.346 e. The van der Waals surface area contributed by atoms with Crippen LogP contribution in [0.2, 0.25) is 0 Å². The van der Waals surface area contributed by atoms with E-state index in [0.29, 0.717) is 19.3 Å². The van der Waals surface area contributed by atoms with Crippen LogP contribution < -0.4 is 5.32 Å². The highest BCUT2D eigenvalue weighted by Crippen LogP contribution is 2.08. The van der Waals surface area contributed by atoms with Gasteiger partial charge in [-0.15, -0.1) is 0 Å². The van der Waals surface area contributed by atoms with Gasteiger partial charge >= 0.3 is 0 Å². The zero-order valence-electron chi connectivity index (χ0n) is 6.02. The van der Waals surface area contributed by atoms with Gasteiger partial charge in [-0.2, -0.15) is 0 Å². The van der Waals surface area contributed by atoms with E-state index in [9.17, 15) is 9.59 Å². The zero-order chi connectivity index (χ0) is 7.56. The molecule has 1 aliphatic rings. The minimum atomic E-state index is -0.183. The lowest BCUT2D eigenvalue weighted by Crippen LogP contribution is -2.32. The molecule has 0 aromatic carbocycles. The summed E-state index contributed by atoms with van der Waals surface area (Å²) in [5.41, 5.74) is 0. The van der Waals surface area contributed by atoms with Gasteiger partial charge in [-0.05, 0) is 6.42 Å². The SMILES string of the molecule is CCC(=O)[C@H]1CCC(=O)N1.[HH]. The van der Waals surface area contributed by atoms with Crippen LogP contribution in [-0.4, -0.2) is 17.7 Å². The second-order valence-corrected chi connectivity index (χ2v) is 2.48. The van der Waals surface area contributed by atoms with Gasteiger partial charge < -0.3 is 5.32 Å². The van der Waals surface area contributed by atoms with E-state index in [0.717, 1.165) is 0 Å². The predicted molar refractivity (Wildman–Crippen MR) is 38.6 cm³/mol. The molecule has 0 spiro atoms.